The van der Waals surface area contributed by atoms with Crippen molar-refractivity contribution in [2.45, 2.75) is 27.2 Å². The van der Waals surface area contributed by atoms with Gasteiger partial charge in [-0.15, -0.1) is 0 Å². The van der Waals surface area contributed by atoms with Crippen LogP contribution in [0.15, 0.2) is 44.9 Å². The van der Waals surface area contributed by atoms with Gasteiger partial charge in [0.05, 0.1) is 16.8 Å². The molecule has 156 valence electrons. The Bertz CT molecular complexity index is 1080. The highest BCUT2D eigenvalue weighted by Gasteiger charge is 2.37. The summed E-state index contributed by atoms with van der Waals surface area (Å²) in [6, 6.07) is 8.04. The lowest BCUT2D eigenvalue weighted by Crippen LogP contribution is -2.54. The van der Waals surface area contributed by atoms with Crippen LogP contribution in [0.5, 0.6) is 5.75 Å². The highest BCUT2D eigenvalue weighted by Crippen LogP contribution is 2.35. The Morgan fingerprint density at radius 3 is 2.47 bits per heavy atom. The van der Waals surface area contributed by atoms with Gasteiger partial charge in [-0.1, -0.05) is 28.9 Å². The molecule has 1 fully saturated rings. The summed E-state index contributed by atoms with van der Waals surface area (Å²) in [5, 5.41) is 2.25. The van der Waals surface area contributed by atoms with E-state index < -0.39 is 17.8 Å². The van der Waals surface area contributed by atoms with Crippen LogP contribution in [0.2, 0.25) is 0 Å². The van der Waals surface area contributed by atoms with Gasteiger partial charge in [-0.05, 0) is 77.7 Å². The number of carbonyl (C=O) groups excluding carboxylic acids is 3. The average molecular weight is 536 g/mol. The van der Waals surface area contributed by atoms with Crippen LogP contribution in [0, 0.1) is 13.8 Å². The highest BCUT2D eigenvalue weighted by atomic mass is 79.9. The first-order valence-corrected chi connectivity index (χ1v) is 10.9. The van der Waals surface area contributed by atoms with Gasteiger partial charge in [-0.3, -0.25) is 14.9 Å². The van der Waals surface area contributed by atoms with Crippen LogP contribution in [-0.2, 0) is 9.59 Å². The monoisotopic (exact) mass is 534 g/mol. The molecule has 1 saturated heterocycles. The fourth-order valence-electron chi connectivity index (χ4n) is 2.96. The first-order valence-electron chi connectivity index (χ1n) is 9.33. The molecule has 4 amide bonds. The number of benzene rings is 2. The molecule has 1 aliphatic rings. The number of amides is 4. The SMILES string of the molecule is CCCOc1c(Br)cc(Br)cc1/C=C1\C(=O)NC(=O)N(c2ccc(C)c(C)c2)C1=O. The van der Waals surface area contributed by atoms with Gasteiger partial charge in [0.15, 0.2) is 0 Å². The lowest BCUT2D eigenvalue weighted by Gasteiger charge is -2.27. The van der Waals surface area contributed by atoms with Crippen molar-refractivity contribution >= 4 is 61.5 Å². The number of hydrogen-bond acceptors (Lipinski definition) is 4. The zero-order chi connectivity index (χ0) is 22.0. The van der Waals surface area contributed by atoms with E-state index in [0.717, 1.165) is 26.9 Å². The molecular formula is C22H20Br2N2O4. The van der Waals surface area contributed by atoms with E-state index in [1.807, 2.05) is 32.9 Å². The topological polar surface area (TPSA) is 75.7 Å². The van der Waals surface area contributed by atoms with E-state index in [1.165, 1.54) is 6.08 Å². The summed E-state index contributed by atoms with van der Waals surface area (Å²) >= 11 is 6.88. The number of rotatable bonds is 5. The van der Waals surface area contributed by atoms with E-state index in [-0.39, 0.29) is 5.57 Å². The standard InChI is InChI=1S/C22H20Br2N2O4/c1-4-7-30-19-14(9-15(23)11-18(19)24)10-17-20(27)25-22(29)26(21(17)28)16-6-5-12(2)13(3)8-16/h5-6,8-11H,4,7H2,1-3H3,(H,25,27,29)/b17-10+. The minimum Gasteiger partial charge on any atom is -0.492 e. The zero-order valence-electron chi connectivity index (χ0n) is 16.7. The van der Waals surface area contributed by atoms with Crippen LogP contribution in [0.4, 0.5) is 10.5 Å². The second-order valence-electron chi connectivity index (χ2n) is 6.88. The Balaban J connectivity index is 2.08. The van der Waals surface area contributed by atoms with E-state index >= 15 is 0 Å². The molecule has 0 unspecified atom stereocenters. The molecule has 1 heterocycles. The van der Waals surface area contributed by atoms with Gasteiger partial charge < -0.3 is 4.74 Å². The van der Waals surface area contributed by atoms with E-state index in [0.29, 0.717) is 28.1 Å². The summed E-state index contributed by atoms with van der Waals surface area (Å²) < 4.78 is 7.24. The van der Waals surface area contributed by atoms with E-state index in [1.54, 1.807) is 18.2 Å². The predicted octanol–water partition coefficient (Wildman–Crippen LogP) is 5.28. The number of hydrogen-bond donors (Lipinski definition) is 1. The van der Waals surface area contributed by atoms with Gasteiger partial charge in [0.2, 0.25) is 0 Å². The summed E-state index contributed by atoms with van der Waals surface area (Å²) in [4.78, 5) is 39.1. The summed E-state index contributed by atoms with van der Waals surface area (Å²) in [6.45, 7) is 6.29. The third kappa shape index (κ3) is 4.49. The number of imide groups is 2. The molecule has 30 heavy (non-hydrogen) atoms. The molecule has 0 aromatic heterocycles. The third-order valence-corrected chi connectivity index (χ3v) is 5.68. The van der Waals surface area contributed by atoms with Crippen molar-refractivity contribution in [3.8, 4) is 5.75 Å². The van der Waals surface area contributed by atoms with Gasteiger partial charge >= 0.3 is 6.03 Å². The van der Waals surface area contributed by atoms with E-state index in [9.17, 15) is 14.4 Å². The molecule has 2 aromatic carbocycles. The summed E-state index contributed by atoms with van der Waals surface area (Å²) in [5.74, 6) is -0.921. The molecule has 6 nitrogen and oxygen atoms in total. The fraction of sp³-hybridized carbons (Fsp3) is 0.227. The maximum absolute atomic E-state index is 13.2. The van der Waals surface area contributed by atoms with Crippen molar-refractivity contribution in [2.75, 3.05) is 11.5 Å². The van der Waals surface area contributed by atoms with Crippen LogP contribution >= 0.6 is 31.9 Å². The van der Waals surface area contributed by atoms with Crippen molar-refractivity contribution in [3.63, 3.8) is 0 Å². The fourth-order valence-corrected chi connectivity index (χ4v) is 4.33. The maximum atomic E-state index is 13.2. The summed E-state index contributed by atoms with van der Waals surface area (Å²) in [5.41, 5.74) is 2.75. The number of nitrogens with zero attached hydrogens (tertiary/aromatic N) is 1. The minimum atomic E-state index is -0.775. The Kier molecular flexibility index (Phi) is 6.77. The molecule has 0 aliphatic carbocycles. The molecule has 0 saturated carbocycles. The molecule has 0 radical (unpaired) electrons. The van der Waals surface area contributed by atoms with Crippen molar-refractivity contribution in [3.05, 3.63) is 61.5 Å². The third-order valence-electron chi connectivity index (χ3n) is 4.64. The molecule has 0 spiro atoms. The Morgan fingerprint density at radius 2 is 1.80 bits per heavy atom. The normalized spacial score (nSPS) is 15.6. The van der Waals surface area contributed by atoms with Gasteiger partial charge in [-0.25, -0.2) is 9.69 Å². The number of anilines is 1. The van der Waals surface area contributed by atoms with Gasteiger partial charge in [0.25, 0.3) is 11.8 Å². The maximum Gasteiger partial charge on any atom is 0.335 e. The van der Waals surface area contributed by atoms with Gasteiger partial charge in [0.1, 0.15) is 11.3 Å². The predicted molar refractivity (Wildman–Crippen MR) is 123 cm³/mol. The number of barbiturate groups is 1. The number of aryl methyl sites for hydroxylation is 2. The van der Waals surface area contributed by atoms with Crippen LogP contribution in [0.1, 0.15) is 30.0 Å². The van der Waals surface area contributed by atoms with Crippen molar-refractivity contribution in [2.24, 2.45) is 0 Å². The molecule has 2 aromatic rings. The number of carbonyl (C=O) groups is 3. The highest BCUT2D eigenvalue weighted by molar-refractivity contribution is 9.11. The summed E-state index contributed by atoms with van der Waals surface area (Å²) in [7, 11) is 0. The molecule has 0 atom stereocenters. The number of nitrogens with one attached hydrogen (secondary N) is 1. The Morgan fingerprint density at radius 1 is 1.07 bits per heavy atom. The van der Waals surface area contributed by atoms with Crippen molar-refractivity contribution in [1.82, 2.24) is 5.32 Å². The smallest absolute Gasteiger partial charge is 0.335 e. The second-order valence-corrected chi connectivity index (χ2v) is 8.65. The molecular weight excluding hydrogens is 516 g/mol. The lowest BCUT2D eigenvalue weighted by molar-refractivity contribution is -0.122. The molecule has 3 rings (SSSR count). The molecule has 1 N–H and O–H groups in total. The van der Waals surface area contributed by atoms with Gasteiger partial charge in [-0.2, -0.15) is 0 Å². The molecule has 8 heteroatoms. The van der Waals surface area contributed by atoms with Crippen molar-refractivity contribution in [1.29, 1.82) is 0 Å². The quantitative estimate of drug-likeness (QED) is 0.417. The molecule has 1 aliphatic heterocycles. The van der Waals surface area contributed by atoms with Crippen molar-refractivity contribution < 1.29 is 19.1 Å². The lowest BCUT2D eigenvalue weighted by atomic mass is 10.0. The number of urea groups is 1. The minimum absolute atomic E-state index is 0.154. The second kappa shape index (κ2) is 9.14. The Hall–Kier alpha value is -2.45. The molecule has 0 bridgehead atoms. The number of halogens is 2. The largest absolute Gasteiger partial charge is 0.492 e. The Labute approximate surface area is 191 Å². The van der Waals surface area contributed by atoms with E-state index in [2.05, 4.69) is 37.2 Å². The number of ether oxygens (including phenoxy) is 1. The van der Waals surface area contributed by atoms with Crippen LogP contribution in [0.3, 0.4) is 0 Å². The summed E-state index contributed by atoms with van der Waals surface area (Å²) in [6.07, 6.45) is 2.24. The van der Waals surface area contributed by atoms with E-state index in [4.69, 9.17) is 4.74 Å². The first kappa shape index (κ1) is 22.2. The first-order chi connectivity index (χ1) is 14.2. The van der Waals surface area contributed by atoms with Gasteiger partial charge in [0, 0.05) is 10.0 Å². The average Bonchev–Trinajstić information content (AvgIpc) is 2.67. The van der Waals surface area contributed by atoms with Crippen LogP contribution in [0.25, 0.3) is 6.08 Å². The van der Waals surface area contributed by atoms with Crippen LogP contribution in [-0.4, -0.2) is 24.5 Å². The zero-order valence-corrected chi connectivity index (χ0v) is 19.9. The van der Waals surface area contributed by atoms with Crippen LogP contribution < -0.4 is 15.0 Å².